The maximum absolute atomic E-state index is 11.8. The van der Waals surface area contributed by atoms with Crippen LogP contribution in [0.25, 0.3) is 0 Å². The van der Waals surface area contributed by atoms with Crippen molar-refractivity contribution in [3.05, 3.63) is 0 Å². The lowest BCUT2D eigenvalue weighted by atomic mass is 10.2. The van der Waals surface area contributed by atoms with Gasteiger partial charge in [-0.05, 0) is 33.2 Å². The molecule has 1 heterocycles. The van der Waals surface area contributed by atoms with E-state index in [0.717, 1.165) is 13.1 Å². The average molecular weight is 198 g/mol. The van der Waals surface area contributed by atoms with Crippen molar-refractivity contribution in [2.75, 3.05) is 13.1 Å². The van der Waals surface area contributed by atoms with Crippen LogP contribution in [-0.2, 0) is 4.79 Å². The van der Waals surface area contributed by atoms with E-state index in [0.29, 0.717) is 24.4 Å². The summed E-state index contributed by atoms with van der Waals surface area (Å²) < 4.78 is 0. The zero-order valence-corrected chi connectivity index (χ0v) is 9.55. The van der Waals surface area contributed by atoms with E-state index < -0.39 is 0 Å². The molecule has 3 heteroatoms. The number of carbonyl (C=O) groups is 1. The lowest BCUT2D eigenvalue weighted by molar-refractivity contribution is -0.132. The molecular weight excluding hydrogens is 176 g/mol. The number of rotatable bonds is 4. The predicted octanol–water partition coefficient (Wildman–Crippen LogP) is 1.39. The van der Waals surface area contributed by atoms with Gasteiger partial charge in [-0.25, -0.2) is 0 Å². The lowest BCUT2D eigenvalue weighted by Gasteiger charge is -2.23. The fraction of sp³-hybridized carbons (Fsp3) is 0.909. The molecule has 0 spiro atoms. The van der Waals surface area contributed by atoms with Crippen LogP contribution >= 0.6 is 0 Å². The molecule has 3 nitrogen and oxygen atoms in total. The third kappa shape index (κ3) is 2.98. The van der Waals surface area contributed by atoms with Crippen LogP contribution in [0.15, 0.2) is 0 Å². The minimum Gasteiger partial charge on any atom is -0.340 e. The maximum atomic E-state index is 11.8. The smallest absolute Gasteiger partial charge is 0.224 e. The normalized spacial score (nSPS) is 23.9. The van der Waals surface area contributed by atoms with E-state index in [1.54, 1.807) is 0 Å². The summed E-state index contributed by atoms with van der Waals surface area (Å²) in [5.41, 5.74) is 0. The zero-order valence-electron chi connectivity index (χ0n) is 9.55. The molecule has 0 radical (unpaired) electrons. The summed E-state index contributed by atoms with van der Waals surface area (Å²) in [5.74, 6) is 0.309. The van der Waals surface area contributed by atoms with Gasteiger partial charge in [0.15, 0.2) is 0 Å². The van der Waals surface area contributed by atoms with Crippen LogP contribution in [-0.4, -0.2) is 36.0 Å². The maximum Gasteiger partial charge on any atom is 0.224 e. The van der Waals surface area contributed by atoms with Crippen LogP contribution in [0.5, 0.6) is 0 Å². The Hall–Kier alpha value is -0.570. The fourth-order valence-electron chi connectivity index (χ4n) is 2.10. The topological polar surface area (TPSA) is 32.3 Å². The molecule has 0 aromatic carbocycles. The molecule has 1 N–H and O–H groups in total. The number of amides is 1. The molecule has 0 aromatic heterocycles. The van der Waals surface area contributed by atoms with Crippen molar-refractivity contribution in [3.8, 4) is 0 Å². The van der Waals surface area contributed by atoms with Gasteiger partial charge < -0.3 is 10.2 Å². The Bertz CT molecular complexity index is 194. The summed E-state index contributed by atoms with van der Waals surface area (Å²) in [7, 11) is 0. The molecule has 14 heavy (non-hydrogen) atoms. The molecule has 1 rings (SSSR count). The Morgan fingerprint density at radius 1 is 1.64 bits per heavy atom. The number of nitrogens with one attached hydrogen (secondary N) is 1. The molecule has 1 fully saturated rings. The van der Waals surface area contributed by atoms with Gasteiger partial charge in [0, 0.05) is 25.0 Å². The van der Waals surface area contributed by atoms with Crippen molar-refractivity contribution < 1.29 is 4.79 Å². The molecule has 82 valence electrons. The second kappa shape index (κ2) is 5.35. The fourth-order valence-corrected chi connectivity index (χ4v) is 2.10. The van der Waals surface area contributed by atoms with Gasteiger partial charge in [0.2, 0.25) is 5.91 Å². The summed E-state index contributed by atoms with van der Waals surface area (Å²) in [6.45, 7) is 8.17. The number of hydrogen-bond donors (Lipinski definition) is 1. The number of hydrogen-bond acceptors (Lipinski definition) is 2. The SMILES string of the molecule is CCNC(C)CC(=O)N1CCCC1C. The molecular formula is C11H22N2O. The highest BCUT2D eigenvalue weighted by Gasteiger charge is 2.25. The molecule has 1 amide bonds. The van der Waals surface area contributed by atoms with Crippen molar-refractivity contribution in [1.82, 2.24) is 10.2 Å². The van der Waals surface area contributed by atoms with E-state index in [9.17, 15) is 4.79 Å². The van der Waals surface area contributed by atoms with E-state index in [1.165, 1.54) is 12.8 Å². The highest BCUT2D eigenvalue weighted by Crippen LogP contribution is 2.17. The van der Waals surface area contributed by atoms with Crippen molar-refractivity contribution in [3.63, 3.8) is 0 Å². The minimum absolute atomic E-state index is 0.306. The van der Waals surface area contributed by atoms with Gasteiger partial charge in [-0.1, -0.05) is 6.92 Å². The highest BCUT2D eigenvalue weighted by molar-refractivity contribution is 5.77. The zero-order chi connectivity index (χ0) is 10.6. The first-order valence-electron chi connectivity index (χ1n) is 5.68. The molecule has 2 unspecified atom stereocenters. The molecule has 0 saturated carbocycles. The van der Waals surface area contributed by atoms with Crippen molar-refractivity contribution in [1.29, 1.82) is 0 Å². The van der Waals surface area contributed by atoms with Crippen LogP contribution in [0.4, 0.5) is 0 Å². The third-order valence-electron chi connectivity index (χ3n) is 2.91. The monoisotopic (exact) mass is 198 g/mol. The van der Waals surface area contributed by atoms with Gasteiger partial charge in [-0.15, -0.1) is 0 Å². The lowest BCUT2D eigenvalue weighted by Crippen LogP contribution is -2.38. The second-order valence-electron chi connectivity index (χ2n) is 4.24. The number of likely N-dealkylation sites (tertiary alicyclic amines) is 1. The van der Waals surface area contributed by atoms with Crippen LogP contribution < -0.4 is 5.32 Å². The van der Waals surface area contributed by atoms with Crippen molar-refractivity contribution in [2.24, 2.45) is 0 Å². The van der Waals surface area contributed by atoms with Crippen LogP contribution in [0.3, 0.4) is 0 Å². The van der Waals surface area contributed by atoms with Gasteiger partial charge in [0.1, 0.15) is 0 Å². The summed E-state index contributed by atoms with van der Waals surface area (Å²) in [6.07, 6.45) is 2.97. The summed E-state index contributed by atoms with van der Waals surface area (Å²) in [5, 5.41) is 3.27. The van der Waals surface area contributed by atoms with Gasteiger partial charge in [-0.2, -0.15) is 0 Å². The van der Waals surface area contributed by atoms with Crippen LogP contribution in [0.2, 0.25) is 0 Å². The molecule has 0 aliphatic carbocycles. The van der Waals surface area contributed by atoms with Crippen molar-refractivity contribution >= 4 is 5.91 Å². The van der Waals surface area contributed by atoms with E-state index in [2.05, 4.69) is 26.1 Å². The van der Waals surface area contributed by atoms with Crippen molar-refractivity contribution in [2.45, 2.75) is 52.1 Å². The molecule has 0 aromatic rings. The first-order chi connectivity index (χ1) is 6.65. The summed E-state index contributed by atoms with van der Waals surface area (Å²) >= 11 is 0. The van der Waals surface area contributed by atoms with Crippen LogP contribution in [0, 0.1) is 0 Å². The first-order valence-corrected chi connectivity index (χ1v) is 5.68. The Balaban J connectivity index is 2.33. The van der Waals surface area contributed by atoms with Gasteiger partial charge >= 0.3 is 0 Å². The predicted molar refractivity (Wildman–Crippen MR) is 58.2 cm³/mol. The molecule has 1 aliphatic heterocycles. The van der Waals surface area contributed by atoms with E-state index >= 15 is 0 Å². The number of carbonyl (C=O) groups excluding carboxylic acids is 1. The highest BCUT2D eigenvalue weighted by atomic mass is 16.2. The molecule has 2 atom stereocenters. The largest absolute Gasteiger partial charge is 0.340 e. The van der Waals surface area contributed by atoms with Gasteiger partial charge in [0.05, 0.1) is 0 Å². The Kier molecular flexibility index (Phi) is 4.39. The number of nitrogens with zero attached hydrogens (tertiary/aromatic N) is 1. The Morgan fingerprint density at radius 3 is 2.86 bits per heavy atom. The van der Waals surface area contributed by atoms with Gasteiger partial charge in [0.25, 0.3) is 0 Å². The van der Waals surface area contributed by atoms with E-state index in [4.69, 9.17) is 0 Å². The Labute approximate surface area is 86.9 Å². The summed E-state index contributed by atoms with van der Waals surface area (Å²) in [4.78, 5) is 13.8. The summed E-state index contributed by atoms with van der Waals surface area (Å²) in [6, 6.07) is 0.761. The molecule has 1 aliphatic rings. The minimum atomic E-state index is 0.306. The average Bonchev–Trinajstić information content (AvgIpc) is 2.51. The first kappa shape index (κ1) is 11.5. The van der Waals surface area contributed by atoms with Crippen LogP contribution in [0.1, 0.15) is 40.0 Å². The second-order valence-corrected chi connectivity index (χ2v) is 4.24. The van der Waals surface area contributed by atoms with E-state index in [1.807, 2.05) is 4.90 Å². The Morgan fingerprint density at radius 2 is 2.36 bits per heavy atom. The standard InChI is InChI=1S/C11H22N2O/c1-4-12-9(2)8-11(14)13-7-5-6-10(13)3/h9-10,12H,4-8H2,1-3H3. The van der Waals surface area contributed by atoms with Gasteiger partial charge in [-0.3, -0.25) is 4.79 Å². The molecule has 0 bridgehead atoms. The third-order valence-corrected chi connectivity index (χ3v) is 2.91. The van der Waals surface area contributed by atoms with E-state index in [-0.39, 0.29) is 0 Å². The quantitative estimate of drug-likeness (QED) is 0.740. The molecule has 1 saturated heterocycles.